The van der Waals surface area contributed by atoms with Crippen molar-refractivity contribution in [1.29, 1.82) is 0 Å². The molecule has 2 fully saturated rings. The summed E-state index contributed by atoms with van der Waals surface area (Å²) in [4.78, 5) is 28.4. The van der Waals surface area contributed by atoms with Crippen LogP contribution in [0.3, 0.4) is 0 Å². The molecule has 3 atom stereocenters. The van der Waals surface area contributed by atoms with Crippen LogP contribution in [0.4, 0.5) is 5.00 Å². The van der Waals surface area contributed by atoms with Crippen molar-refractivity contribution in [2.24, 2.45) is 5.92 Å². The minimum Gasteiger partial charge on any atom is -0.495 e. The average Bonchev–Trinajstić information content (AvgIpc) is 3.37. The van der Waals surface area contributed by atoms with Gasteiger partial charge in [0, 0.05) is 40.1 Å². The number of carbonyl (C=O) groups excluding carboxylic acids is 2. The molecule has 0 spiro atoms. The van der Waals surface area contributed by atoms with Crippen molar-refractivity contribution in [1.82, 2.24) is 15.1 Å². The molecule has 2 amide bonds. The summed E-state index contributed by atoms with van der Waals surface area (Å²) in [5, 5.41) is 12.0. The molecule has 0 bridgehead atoms. The van der Waals surface area contributed by atoms with Crippen LogP contribution in [-0.4, -0.2) is 54.7 Å². The number of fused-ring (bicyclic) bond motifs is 1. The molecule has 0 radical (unpaired) electrons. The van der Waals surface area contributed by atoms with Crippen LogP contribution in [0.15, 0.2) is 54.7 Å². The Kier molecular flexibility index (Phi) is 7.95. The molecular weight excluding hydrogens is 632 g/mol. The molecule has 1 saturated carbocycles. The van der Waals surface area contributed by atoms with E-state index in [1.54, 1.807) is 7.11 Å². The van der Waals surface area contributed by atoms with Crippen LogP contribution in [0.2, 0.25) is 5.02 Å². The summed E-state index contributed by atoms with van der Waals surface area (Å²) < 4.78 is 31.2. The number of amides is 2. The number of methoxy groups -OCH3 is 1. The largest absolute Gasteiger partial charge is 0.495 e. The summed E-state index contributed by atoms with van der Waals surface area (Å²) in [6, 6.07) is 15.0. The summed E-state index contributed by atoms with van der Waals surface area (Å²) in [6.07, 6.45) is 6.69. The zero-order valence-electron chi connectivity index (χ0n) is 24.7. The van der Waals surface area contributed by atoms with Gasteiger partial charge in [-0.1, -0.05) is 29.8 Å². The van der Waals surface area contributed by atoms with E-state index in [1.807, 2.05) is 59.4 Å². The van der Waals surface area contributed by atoms with Crippen LogP contribution in [0.1, 0.15) is 58.0 Å². The van der Waals surface area contributed by atoms with Crippen LogP contribution in [0, 0.1) is 5.92 Å². The summed E-state index contributed by atoms with van der Waals surface area (Å²) in [5.74, 6) is -0.187. The van der Waals surface area contributed by atoms with E-state index in [-0.39, 0.29) is 35.2 Å². The van der Waals surface area contributed by atoms with Crippen LogP contribution in [0.5, 0.6) is 5.75 Å². The lowest BCUT2D eigenvalue weighted by atomic mass is 9.95. The number of rotatable bonds is 8. The van der Waals surface area contributed by atoms with Crippen molar-refractivity contribution in [2.75, 3.05) is 23.9 Å². The van der Waals surface area contributed by atoms with Crippen molar-refractivity contribution in [3.05, 3.63) is 81.3 Å². The van der Waals surface area contributed by atoms with E-state index in [1.165, 1.54) is 11.3 Å². The van der Waals surface area contributed by atoms with Crippen molar-refractivity contribution in [3.63, 3.8) is 0 Å². The van der Waals surface area contributed by atoms with E-state index in [9.17, 15) is 18.0 Å². The number of nitrogens with one attached hydrogen (secondary N) is 2. The molecule has 12 heteroatoms. The molecule has 2 N–H and O–H groups in total. The van der Waals surface area contributed by atoms with Crippen molar-refractivity contribution in [3.8, 4) is 22.7 Å². The normalized spacial score (nSPS) is 21.6. The minimum atomic E-state index is -3.14. The second-order valence-corrected chi connectivity index (χ2v) is 15.7. The number of aromatic nitrogens is 2. The fraction of sp³-hybridized carbons (Fsp3) is 0.364. The van der Waals surface area contributed by atoms with Gasteiger partial charge in [0.15, 0.2) is 9.84 Å². The monoisotopic (exact) mass is 664 g/mol. The van der Waals surface area contributed by atoms with E-state index < -0.39 is 15.9 Å². The lowest BCUT2D eigenvalue weighted by molar-refractivity contribution is -0.117. The van der Waals surface area contributed by atoms with Gasteiger partial charge < -0.3 is 15.4 Å². The minimum absolute atomic E-state index is 0.0467. The van der Waals surface area contributed by atoms with Gasteiger partial charge in [-0.25, -0.2) is 13.1 Å². The zero-order chi connectivity index (χ0) is 31.3. The summed E-state index contributed by atoms with van der Waals surface area (Å²) >= 11 is 7.96. The third-order valence-electron chi connectivity index (χ3n) is 8.92. The topological polar surface area (TPSA) is 119 Å². The number of sulfone groups is 1. The second-order valence-electron chi connectivity index (χ2n) is 12.0. The third-order valence-corrected chi connectivity index (χ3v) is 12.2. The smallest absolute Gasteiger partial charge is 0.254 e. The molecule has 2 aromatic heterocycles. The highest BCUT2D eigenvalue weighted by atomic mass is 35.5. The predicted octanol–water partition coefficient (Wildman–Crippen LogP) is 5.80. The van der Waals surface area contributed by atoms with Crippen LogP contribution >= 0.6 is 22.9 Å². The molecule has 45 heavy (non-hydrogen) atoms. The van der Waals surface area contributed by atoms with Gasteiger partial charge in [-0.2, -0.15) is 5.10 Å². The van der Waals surface area contributed by atoms with Gasteiger partial charge in [-0.15, -0.1) is 11.3 Å². The molecule has 234 valence electrons. The maximum absolute atomic E-state index is 13.8. The number of para-hydroxylation sites is 1. The first-order valence-corrected chi connectivity index (χ1v) is 18.2. The molecular formula is C33H33ClN4O5S2. The van der Waals surface area contributed by atoms with E-state index in [2.05, 4.69) is 10.6 Å². The Morgan fingerprint density at radius 1 is 1.11 bits per heavy atom. The second kappa shape index (κ2) is 11.9. The summed E-state index contributed by atoms with van der Waals surface area (Å²) in [7, 11) is -1.57. The predicted molar refractivity (Wildman–Crippen MR) is 176 cm³/mol. The molecule has 1 saturated heterocycles. The molecule has 3 aliphatic rings. The Bertz CT molecular complexity index is 1900. The Hall–Kier alpha value is -3.67. The van der Waals surface area contributed by atoms with E-state index in [0.717, 1.165) is 58.6 Å². The molecule has 1 aliphatic heterocycles. The quantitative estimate of drug-likeness (QED) is 0.246. The molecule has 2 aliphatic carbocycles. The number of aryl methyl sites for hydroxylation is 1. The van der Waals surface area contributed by atoms with Gasteiger partial charge in [0.05, 0.1) is 40.6 Å². The first kappa shape index (κ1) is 30.0. The zero-order valence-corrected chi connectivity index (χ0v) is 27.1. The number of carbonyl (C=O) groups is 2. The van der Waals surface area contributed by atoms with Crippen LogP contribution in [0.25, 0.3) is 16.9 Å². The van der Waals surface area contributed by atoms with Crippen LogP contribution < -0.4 is 15.4 Å². The molecule has 2 aromatic carbocycles. The van der Waals surface area contributed by atoms with Crippen molar-refractivity contribution < 1.29 is 22.7 Å². The lowest BCUT2D eigenvalue weighted by Crippen LogP contribution is -2.36. The number of benzene rings is 2. The Morgan fingerprint density at radius 3 is 2.64 bits per heavy atom. The highest BCUT2D eigenvalue weighted by molar-refractivity contribution is 7.91. The molecule has 3 unspecified atom stereocenters. The molecule has 3 heterocycles. The van der Waals surface area contributed by atoms with Gasteiger partial charge >= 0.3 is 0 Å². The summed E-state index contributed by atoms with van der Waals surface area (Å²) in [6.45, 7) is 0. The highest BCUT2D eigenvalue weighted by Gasteiger charge is 2.47. The van der Waals surface area contributed by atoms with Gasteiger partial charge in [0.2, 0.25) is 5.91 Å². The van der Waals surface area contributed by atoms with Crippen molar-refractivity contribution in [2.45, 2.75) is 50.5 Å². The van der Waals surface area contributed by atoms with Gasteiger partial charge in [0.1, 0.15) is 10.8 Å². The lowest BCUT2D eigenvalue weighted by Gasteiger charge is -2.15. The molecule has 4 aromatic rings. The van der Waals surface area contributed by atoms with E-state index >= 15 is 0 Å². The number of ether oxygens (including phenoxy) is 1. The van der Waals surface area contributed by atoms with E-state index in [4.69, 9.17) is 21.4 Å². The highest BCUT2D eigenvalue weighted by Crippen LogP contribution is 2.51. The third kappa shape index (κ3) is 6.01. The molecule has 7 rings (SSSR count). The van der Waals surface area contributed by atoms with Gasteiger partial charge in [0.25, 0.3) is 5.91 Å². The van der Waals surface area contributed by atoms with Gasteiger partial charge in [-0.05, 0) is 74.4 Å². The molecule has 9 nitrogen and oxygen atoms in total. The first-order valence-electron chi connectivity index (χ1n) is 15.2. The fourth-order valence-electron chi connectivity index (χ4n) is 6.50. The Balaban J connectivity index is 1.16. The Labute approximate surface area is 270 Å². The average molecular weight is 665 g/mol. The Morgan fingerprint density at radius 2 is 1.91 bits per heavy atom. The van der Waals surface area contributed by atoms with Gasteiger partial charge in [-0.3, -0.25) is 9.59 Å². The number of nitrogens with zero attached hydrogens (tertiary/aromatic N) is 2. The van der Waals surface area contributed by atoms with Crippen LogP contribution in [-0.2, 0) is 27.5 Å². The fourth-order valence-corrected chi connectivity index (χ4v) is 9.72. The number of hydrogen-bond donors (Lipinski definition) is 2. The van der Waals surface area contributed by atoms with Crippen molar-refractivity contribution >= 4 is 49.6 Å². The maximum atomic E-state index is 13.8. The number of hydrogen-bond acceptors (Lipinski definition) is 7. The van der Waals surface area contributed by atoms with E-state index in [0.29, 0.717) is 34.2 Å². The summed E-state index contributed by atoms with van der Waals surface area (Å²) in [5.41, 5.74) is 4.91. The number of halogens is 1. The number of thiophene rings is 1. The SMILES string of the molecule is COc1ccc(-c2nn(-c3ccccc3)cc2C2CC2C(=O)Nc2sc3c(c2C(=O)NC2CCS(=O)(=O)C2)CCCC3)cc1Cl. The first-order chi connectivity index (χ1) is 21.7. The number of anilines is 1. The standard InChI is InChI=1S/C33H33ClN4O5S2/c1-43-27-12-11-19(15-26(27)34)30-25(17-38(37-30)21-7-3-2-4-8-21)23-16-24(23)31(39)36-33-29(22-9-5-6-10-28(22)44-33)32(40)35-20-13-14-45(41,42)18-20/h2-4,7-8,11-12,15,17,20,23-24H,5-6,9-10,13-14,16,18H2,1H3,(H,35,40)(H,36,39). The maximum Gasteiger partial charge on any atom is 0.254 e.